The summed E-state index contributed by atoms with van der Waals surface area (Å²) >= 11 is 11.8. The lowest BCUT2D eigenvalue weighted by Crippen LogP contribution is -1.89. The summed E-state index contributed by atoms with van der Waals surface area (Å²) in [5, 5.41) is 10.7. The van der Waals surface area contributed by atoms with Crippen LogP contribution < -0.4 is 0 Å². The van der Waals surface area contributed by atoms with Crippen molar-refractivity contribution < 1.29 is 0 Å². The fourth-order valence-corrected chi connectivity index (χ4v) is 1.81. The van der Waals surface area contributed by atoms with Crippen LogP contribution in [0.1, 0.15) is 11.1 Å². The molecular weight excluding hydrogens is 231 g/mol. The summed E-state index contributed by atoms with van der Waals surface area (Å²) in [6, 6.07) is 7.19. The summed E-state index contributed by atoms with van der Waals surface area (Å²) in [5.74, 6) is 0. The molecule has 0 aliphatic heterocycles. The van der Waals surface area contributed by atoms with Crippen LogP contribution in [0.25, 0.3) is 10.9 Å². The van der Waals surface area contributed by atoms with Gasteiger partial charge in [-0.1, -0.05) is 23.2 Å². The highest BCUT2D eigenvalue weighted by Crippen LogP contribution is 2.27. The zero-order valence-electron chi connectivity index (χ0n) is 7.88. The number of halogens is 2. The van der Waals surface area contributed by atoms with Gasteiger partial charge in [0.25, 0.3) is 0 Å². The molecule has 0 bridgehead atoms. The number of rotatable bonds is 0. The van der Waals surface area contributed by atoms with Gasteiger partial charge in [-0.15, -0.1) is 0 Å². The molecule has 2 aromatic rings. The molecule has 15 heavy (non-hydrogen) atoms. The van der Waals surface area contributed by atoms with E-state index in [0.717, 1.165) is 10.9 Å². The molecule has 0 saturated heterocycles. The molecule has 0 N–H and O–H groups in total. The molecule has 2 nitrogen and oxygen atoms in total. The number of pyridine rings is 1. The highest BCUT2D eigenvalue weighted by Gasteiger charge is 2.08. The zero-order chi connectivity index (χ0) is 11.0. The van der Waals surface area contributed by atoms with Gasteiger partial charge in [0, 0.05) is 10.4 Å². The quantitative estimate of drug-likeness (QED) is 0.654. The van der Waals surface area contributed by atoms with Gasteiger partial charge in [-0.05, 0) is 30.7 Å². The molecule has 1 aromatic carbocycles. The highest BCUT2D eigenvalue weighted by molar-refractivity contribution is 6.32. The minimum absolute atomic E-state index is 0.310. The van der Waals surface area contributed by atoms with Crippen LogP contribution in [0, 0.1) is 18.3 Å². The second-order valence-corrected chi connectivity index (χ2v) is 3.97. The molecule has 4 heteroatoms. The Kier molecular flexibility index (Phi) is 2.52. The van der Waals surface area contributed by atoms with Crippen molar-refractivity contribution in [2.75, 3.05) is 0 Å². The minimum Gasteiger partial charge on any atom is -0.236 e. The zero-order valence-corrected chi connectivity index (χ0v) is 9.39. The Morgan fingerprint density at radius 3 is 2.73 bits per heavy atom. The summed E-state index contributed by atoms with van der Waals surface area (Å²) in [6.45, 7) is 1.86. The average molecular weight is 237 g/mol. The van der Waals surface area contributed by atoms with Crippen molar-refractivity contribution in [2.45, 2.75) is 6.92 Å². The predicted molar refractivity (Wildman–Crippen MR) is 61.2 cm³/mol. The van der Waals surface area contributed by atoms with Crippen molar-refractivity contribution in [2.24, 2.45) is 0 Å². The minimum atomic E-state index is 0.310. The number of hydrogen-bond donors (Lipinski definition) is 0. The van der Waals surface area contributed by atoms with Crippen LogP contribution >= 0.6 is 23.2 Å². The second-order valence-electron chi connectivity index (χ2n) is 3.17. The number of aryl methyl sites for hydroxylation is 1. The Labute approximate surface area is 97.1 Å². The van der Waals surface area contributed by atoms with Crippen molar-refractivity contribution in [1.82, 2.24) is 4.98 Å². The normalized spacial score (nSPS) is 10.3. The Bertz CT molecular complexity index is 585. The summed E-state index contributed by atoms with van der Waals surface area (Å²) in [7, 11) is 0. The first-order chi connectivity index (χ1) is 7.13. The van der Waals surface area contributed by atoms with E-state index >= 15 is 0 Å². The number of nitriles is 1. The summed E-state index contributed by atoms with van der Waals surface area (Å²) < 4.78 is 0. The molecular formula is C11H6Cl2N2. The fraction of sp³-hybridized carbons (Fsp3) is 0.0909. The maximum Gasteiger partial charge on any atom is 0.131 e. The number of benzene rings is 1. The SMILES string of the molecule is Cc1c(Cl)ccc2c(C#N)cc(Cl)nc12. The first kappa shape index (κ1) is 10.2. The fourth-order valence-electron chi connectivity index (χ4n) is 1.47. The van der Waals surface area contributed by atoms with E-state index in [1.807, 2.05) is 6.92 Å². The van der Waals surface area contributed by atoms with Gasteiger partial charge in [0.2, 0.25) is 0 Å². The topological polar surface area (TPSA) is 36.7 Å². The third-order valence-corrected chi connectivity index (χ3v) is 2.86. The smallest absolute Gasteiger partial charge is 0.131 e. The van der Waals surface area contributed by atoms with Gasteiger partial charge in [0.1, 0.15) is 5.15 Å². The van der Waals surface area contributed by atoms with Crippen molar-refractivity contribution in [3.8, 4) is 6.07 Å². The van der Waals surface area contributed by atoms with Gasteiger partial charge in [-0.2, -0.15) is 5.26 Å². The molecule has 1 aromatic heterocycles. The first-order valence-electron chi connectivity index (χ1n) is 4.29. The lowest BCUT2D eigenvalue weighted by atomic mass is 10.1. The highest BCUT2D eigenvalue weighted by atomic mass is 35.5. The molecule has 0 unspecified atom stereocenters. The van der Waals surface area contributed by atoms with E-state index < -0.39 is 0 Å². The third-order valence-electron chi connectivity index (χ3n) is 2.26. The number of hydrogen-bond acceptors (Lipinski definition) is 2. The van der Waals surface area contributed by atoms with E-state index in [2.05, 4.69) is 11.1 Å². The van der Waals surface area contributed by atoms with Crippen molar-refractivity contribution in [3.63, 3.8) is 0 Å². The molecule has 1 heterocycles. The van der Waals surface area contributed by atoms with Crippen LogP contribution in [0.15, 0.2) is 18.2 Å². The van der Waals surface area contributed by atoms with Crippen molar-refractivity contribution in [1.29, 1.82) is 5.26 Å². The molecule has 0 aliphatic rings. The number of aromatic nitrogens is 1. The molecule has 0 amide bonds. The van der Waals surface area contributed by atoms with Gasteiger partial charge in [-0.3, -0.25) is 0 Å². The third kappa shape index (κ3) is 1.65. The second kappa shape index (κ2) is 3.69. The van der Waals surface area contributed by atoms with Crippen LogP contribution in [-0.4, -0.2) is 4.98 Å². The Hall–Kier alpha value is -1.30. The van der Waals surface area contributed by atoms with Gasteiger partial charge < -0.3 is 0 Å². The lowest BCUT2D eigenvalue weighted by molar-refractivity contribution is 1.35. The summed E-state index contributed by atoms with van der Waals surface area (Å²) in [6.07, 6.45) is 0. The van der Waals surface area contributed by atoms with E-state index in [4.69, 9.17) is 28.5 Å². The summed E-state index contributed by atoms with van der Waals surface area (Å²) in [4.78, 5) is 4.17. The molecule has 0 atom stereocenters. The van der Waals surface area contributed by atoms with E-state index in [-0.39, 0.29) is 0 Å². The van der Waals surface area contributed by atoms with Gasteiger partial charge >= 0.3 is 0 Å². The molecule has 74 valence electrons. The van der Waals surface area contributed by atoms with Crippen molar-refractivity contribution in [3.05, 3.63) is 39.5 Å². The Morgan fingerprint density at radius 2 is 2.07 bits per heavy atom. The van der Waals surface area contributed by atoms with Crippen LogP contribution in [0.2, 0.25) is 10.2 Å². The van der Waals surface area contributed by atoms with E-state index in [1.165, 1.54) is 0 Å². The Balaban J connectivity index is 2.98. The number of fused-ring (bicyclic) bond motifs is 1. The van der Waals surface area contributed by atoms with Crippen LogP contribution in [0.3, 0.4) is 0 Å². The summed E-state index contributed by atoms with van der Waals surface area (Å²) in [5.41, 5.74) is 2.05. The molecule has 2 rings (SSSR count). The maximum absolute atomic E-state index is 8.95. The number of nitrogens with zero attached hydrogens (tertiary/aromatic N) is 2. The van der Waals surface area contributed by atoms with E-state index in [9.17, 15) is 0 Å². The molecule has 0 saturated carbocycles. The standard InChI is InChI=1S/C11H6Cl2N2/c1-6-9(12)3-2-8-7(5-14)4-10(13)15-11(6)8/h2-4H,1H3. The molecule has 0 radical (unpaired) electrons. The molecule has 0 fully saturated rings. The average Bonchev–Trinajstić information content (AvgIpc) is 2.23. The monoisotopic (exact) mass is 236 g/mol. The van der Waals surface area contributed by atoms with Gasteiger partial charge in [0.05, 0.1) is 17.1 Å². The molecule has 0 spiro atoms. The van der Waals surface area contributed by atoms with Gasteiger partial charge in [-0.25, -0.2) is 4.98 Å². The van der Waals surface area contributed by atoms with E-state index in [0.29, 0.717) is 21.3 Å². The van der Waals surface area contributed by atoms with Crippen LogP contribution in [-0.2, 0) is 0 Å². The largest absolute Gasteiger partial charge is 0.236 e. The van der Waals surface area contributed by atoms with Gasteiger partial charge in [0.15, 0.2) is 0 Å². The first-order valence-corrected chi connectivity index (χ1v) is 5.04. The van der Waals surface area contributed by atoms with Crippen LogP contribution in [0.4, 0.5) is 0 Å². The lowest BCUT2D eigenvalue weighted by Gasteiger charge is -2.05. The van der Waals surface area contributed by atoms with Crippen molar-refractivity contribution >= 4 is 34.1 Å². The predicted octanol–water partition coefficient (Wildman–Crippen LogP) is 3.72. The van der Waals surface area contributed by atoms with E-state index in [1.54, 1.807) is 18.2 Å². The Morgan fingerprint density at radius 1 is 1.33 bits per heavy atom. The molecule has 0 aliphatic carbocycles. The van der Waals surface area contributed by atoms with Crippen LogP contribution in [0.5, 0.6) is 0 Å². The maximum atomic E-state index is 8.95.